The summed E-state index contributed by atoms with van der Waals surface area (Å²) in [6.45, 7) is 14.4. The number of phosphoric ester groups is 2. The molecule has 0 saturated carbocycles. The van der Waals surface area contributed by atoms with Gasteiger partial charge in [0.1, 0.15) is 19.3 Å². The van der Waals surface area contributed by atoms with Crippen molar-refractivity contribution < 1.29 is 80.2 Å². The predicted octanol–water partition coefficient (Wildman–Crippen LogP) is 26.7. The highest BCUT2D eigenvalue weighted by molar-refractivity contribution is 7.47. The molecule has 17 nitrogen and oxygen atoms in total. The molecule has 636 valence electrons. The Balaban J connectivity index is 5.21. The molecule has 0 aliphatic rings. The van der Waals surface area contributed by atoms with Crippen LogP contribution < -0.4 is 0 Å². The molecule has 107 heavy (non-hydrogen) atoms. The van der Waals surface area contributed by atoms with Gasteiger partial charge >= 0.3 is 39.5 Å². The maximum absolute atomic E-state index is 13.2. The van der Waals surface area contributed by atoms with Crippen LogP contribution in [0.3, 0.4) is 0 Å². The molecule has 0 spiro atoms. The molecule has 0 rings (SSSR count). The fourth-order valence-corrected chi connectivity index (χ4v) is 15.2. The number of aliphatic hydroxyl groups is 1. The van der Waals surface area contributed by atoms with E-state index in [-0.39, 0.29) is 25.7 Å². The summed E-state index contributed by atoms with van der Waals surface area (Å²) in [5.74, 6) is 1.13. The highest BCUT2D eigenvalue weighted by atomic mass is 31.2. The summed E-state index contributed by atoms with van der Waals surface area (Å²) in [6, 6.07) is 0. The van der Waals surface area contributed by atoms with E-state index in [0.717, 1.165) is 114 Å². The Morgan fingerprint density at radius 2 is 0.449 bits per heavy atom. The fraction of sp³-hybridized carbons (Fsp3) is 0.955. The maximum Gasteiger partial charge on any atom is 0.472 e. The molecule has 0 aliphatic heterocycles. The molecule has 0 saturated heterocycles. The Morgan fingerprint density at radius 3 is 0.664 bits per heavy atom. The van der Waals surface area contributed by atoms with E-state index in [1.165, 1.54) is 263 Å². The molecule has 0 aromatic heterocycles. The lowest BCUT2D eigenvalue weighted by Gasteiger charge is -2.21. The smallest absolute Gasteiger partial charge is 0.462 e. The van der Waals surface area contributed by atoms with Gasteiger partial charge in [0.05, 0.1) is 26.4 Å². The van der Waals surface area contributed by atoms with Crippen LogP contribution in [0.15, 0.2) is 0 Å². The summed E-state index contributed by atoms with van der Waals surface area (Å²) in [4.78, 5) is 73.2. The number of aliphatic hydroxyl groups excluding tert-OH is 1. The minimum Gasteiger partial charge on any atom is -0.462 e. The summed E-state index contributed by atoms with van der Waals surface area (Å²) in [6.07, 6.45) is 66.7. The van der Waals surface area contributed by atoms with Gasteiger partial charge in [-0.3, -0.25) is 37.3 Å². The zero-order valence-electron chi connectivity index (χ0n) is 70.8. The van der Waals surface area contributed by atoms with E-state index in [9.17, 15) is 43.2 Å². The first-order chi connectivity index (χ1) is 51.7. The molecular weight excluding hydrogens is 1390 g/mol. The zero-order valence-corrected chi connectivity index (χ0v) is 72.6. The van der Waals surface area contributed by atoms with E-state index in [2.05, 4.69) is 55.4 Å². The second-order valence-corrected chi connectivity index (χ2v) is 35.7. The highest BCUT2D eigenvalue weighted by Crippen LogP contribution is 2.45. The van der Waals surface area contributed by atoms with Crippen LogP contribution in [-0.2, 0) is 65.4 Å². The first-order valence-corrected chi connectivity index (χ1v) is 48.3. The van der Waals surface area contributed by atoms with Crippen LogP contribution in [-0.4, -0.2) is 96.7 Å². The van der Waals surface area contributed by atoms with Gasteiger partial charge in [-0.2, -0.15) is 0 Å². The molecule has 0 radical (unpaired) electrons. The van der Waals surface area contributed by atoms with Gasteiger partial charge in [-0.15, -0.1) is 0 Å². The molecule has 6 unspecified atom stereocenters. The number of hydrogen-bond acceptors (Lipinski definition) is 15. The second kappa shape index (κ2) is 76.7. The minimum atomic E-state index is -4.97. The number of rotatable bonds is 85. The minimum absolute atomic E-state index is 0.104. The van der Waals surface area contributed by atoms with Crippen molar-refractivity contribution in [1.29, 1.82) is 0 Å². The summed E-state index contributed by atoms with van der Waals surface area (Å²) < 4.78 is 68.9. The lowest BCUT2D eigenvalue weighted by atomic mass is 9.99. The quantitative estimate of drug-likeness (QED) is 0.0222. The average molecular weight is 1560 g/mol. The van der Waals surface area contributed by atoms with Gasteiger partial charge in [-0.25, -0.2) is 9.13 Å². The van der Waals surface area contributed by atoms with Gasteiger partial charge in [-0.05, 0) is 49.4 Å². The molecule has 0 aliphatic carbocycles. The van der Waals surface area contributed by atoms with Gasteiger partial charge in [0.25, 0.3) is 0 Å². The third-order valence-corrected chi connectivity index (χ3v) is 23.6. The van der Waals surface area contributed by atoms with Gasteiger partial charge in [-0.1, -0.05) is 409 Å². The van der Waals surface area contributed by atoms with Crippen molar-refractivity contribution in [3.8, 4) is 0 Å². The van der Waals surface area contributed by atoms with Gasteiger partial charge in [0, 0.05) is 25.7 Å². The maximum atomic E-state index is 13.2. The van der Waals surface area contributed by atoms with Crippen molar-refractivity contribution >= 4 is 39.5 Å². The normalized spacial score (nSPS) is 14.7. The van der Waals surface area contributed by atoms with E-state index < -0.39 is 97.5 Å². The van der Waals surface area contributed by atoms with Crippen LogP contribution >= 0.6 is 15.6 Å². The van der Waals surface area contributed by atoms with E-state index in [1.54, 1.807) is 0 Å². The largest absolute Gasteiger partial charge is 0.472 e. The molecule has 0 fully saturated rings. The van der Waals surface area contributed by atoms with E-state index in [0.29, 0.717) is 25.7 Å². The Bertz CT molecular complexity index is 2080. The van der Waals surface area contributed by atoms with E-state index in [4.69, 9.17) is 37.0 Å². The molecule has 19 heteroatoms. The number of hydrogen-bond donors (Lipinski definition) is 3. The Morgan fingerprint density at radius 1 is 0.262 bits per heavy atom. The molecule has 3 N–H and O–H groups in total. The van der Waals surface area contributed by atoms with E-state index in [1.807, 2.05) is 0 Å². The molecule has 0 heterocycles. The Labute approximate surface area is 658 Å². The molecule has 0 bridgehead atoms. The summed E-state index contributed by atoms with van der Waals surface area (Å²) >= 11 is 0. The molecule has 0 amide bonds. The van der Waals surface area contributed by atoms with Crippen molar-refractivity contribution in [2.24, 2.45) is 23.7 Å². The third-order valence-electron chi connectivity index (χ3n) is 21.7. The van der Waals surface area contributed by atoms with Crippen LogP contribution in [0.5, 0.6) is 0 Å². The van der Waals surface area contributed by atoms with Gasteiger partial charge in [0.15, 0.2) is 12.2 Å². The highest BCUT2D eigenvalue weighted by Gasteiger charge is 2.31. The van der Waals surface area contributed by atoms with Gasteiger partial charge < -0.3 is 33.8 Å². The Kier molecular flexibility index (Phi) is 75.3. The number of ether oxygens (including phenoxy) is 4. The number of esters is 4. The second-order valence-electron chi connectivity index (χ2n) is 32.8. The number of carbonyl (C=O) groups is 4. The van der Waals surface area contributed by atoms with Crippen molar-refractivity contribution in [2.75, 3.05) is 39.6 Å². The predicted molar refractivity (Wildman–Crippen MR) is 441 cm³/mol. The first kappa shape index (κ1) is 105. The summed E-state index contributed by atoms with van der Waals surface area (Å²) in [5, 5.41) is 10.7. The van der Waals surface area contributed by atoms with Crippen LogP contribution in [0.2, 0.25) is 0 Å². The fourth-order valence-electron chi connectivity index (χ4n) is 13.6. The Hall–Kier alpha value is -1.94. The number of phosphoric acid groups is 2. The first-order valence-electron chi connectivity index (χ1n) is 45.3. The zero-order chi connectivity index (χ0) is 78.8. The molecule has 0 aromatic rings. The number of unbranched alkanes of at least 4 members (excludes halogenated alkanes) is 48. The summed E-state index contributed by atoms with van der Waals surface area (Å²) in [5.41, 5.74) is 0. The standard InChI is InChI=1S/C88H172O17P2/c1-9-79(6)65-57-49-41-32-28-24-20-16-12-14-18-22-26-30-34-44-52-60-68-85(90)98-74-83(104-87(92)70-62-54-46-35-31-27-23-19-15-13-17-21-25-29-33-42-50-58-66-80(7)10-2)76-102-106(94,95)100-72-82(89)73-101-107(96,97)103-77-84(75-99-86(91)69-61-53-45-38-36-40-48-56-64-78(4)5)105-88(93)71-63-55-47-39-37-43-51-59-67-81(8)11-3/h78-84,89H,9-77H2,1-8H3,(H,94,95)(H,96,97)/t79?,80?,81?,82?,83-,84-/m1/s1. The van der Waals surface area contributed by atoms with Crippen LogP contribution in [0.25, 0.3) is 0 Å². The summed E-state index contributed by atoms with van der Waals surface area (Å²) in [7, 11) is -9.93. The van der Waals surface area contributed by atoms with Crippen molar-refractivity contribution in [2.45, 2.75) is 478 Å². The SMILES string of the molecule is CCC(C)CCCCCCCCCCCCCCCCCCCCC(=O)OC[C@H](COP(=O)(O)OCC(O)COP(=O)(O)OC[C@@H](COC(=O)CCCCCCCCCCC(C)C)OC(=O)CCCCCCCCCCC(C)CC)OC(=O)CCCCCCCCCCCCCCCCCCCCC(C)CC. The van der Waals surface area contributed by atoms with Crippen molar-refractivity contribution in [3.05, 3.63) is 0 Å². The van der Waals surface area contributed by atoms with Crippen molar-refractivity contribution in [1.82, 2.24) is 0 Å². The van der Waals surface area contributed by atoms with Crippen molar-refractivity contribution in [3.63, 3.8) is 0 Å². The molecule has 0 aromatic carbocycles. The van der Waals surface area contributed by atoms with E-state index >= 15 is 0 Å². The molecule has 8 atom stereocenters. The van der Waals surface area contributed by atoms with Crippen LogP contribution in [0, 0.1) is 23.7 Å². The lowest BCUT2D eigenvalue weighted by molar-refractivity contribution is -0.161. The average Bonchev–Trinajstić information content (AvgIpc) is 0.942. The monoisotopic (exact) mass is 1560 g/mol. The number of carbonyl (C=O) groups excluding carboxylic acids is 4. The molecular formula is C88H172O17P2. The lowest BCUT2D eigenvalue weighted by Crippen LogP contribution is -2.30. The van der Waals surface area contributed by atoms with Crippen LogP contribution in [0.1, 0.15) is 460 Å². The van der Waals surface area contributed by atoms with Gasteiger partial charge in [0.2, 0.25) is 0 Å². The third kappa shape index (κ3) is 77.8. The topological polar surface area (TPSA) is 237 Å². The van der Waals surface area contributed by atoms with Crippen LogP contribution in [0.4, 0.5) is 0 Å².